The molecule has 11 nitrogen and oxygen atoms in total. The summed E-state index contributed by atoms with van der Waals surface area (Å²) in [5.41, 5.74) is 10.7. The number of aryl methyl sites for hydroxylation is 1. The topological polar surface area (TPSA) is 146 Å². The van der Waals surface area contributed by atoms with E-state index in [-0.39, 0.29) is 17.3 Å². The summed E-state index contributed by atoms with van der Waals surface area (Å²) in [6.07, 6.45) is 1.49. The van der Waals surface area contributed by atoms with Crippen LogP contribution in [0, 0.1) is 6.92 Å². The molecule has 4 aromatic rings. The lowest BCUT2D eigenvalue weighted by Gasteiger charge is -2.06. The number of nitrogens with zero attached hydrogens (tertiary/aromatic N) is 6. The minimum Gasteiger partial charge on any atom is -0.496 e. The molecule has 0 saturated heterocycles. The van der Waals surface area contributed by atoms with E-state index in [1.165, 1.54) is 22.7 Å². The van der Waals surface area contributed by atoms with E-state index in [1.807, 2.05) is 49.4 Å². The second kappa shape index (κ2) is 9.96. The van der Waals surface area contributed by atoms with Gasteiger partial charge in [-0.15, -0.1) is 16.9 Å². The van der Waals surface area contributed by atoms with Gasteiger partial charge in [0.25, 0.3) is 5.91 Å². The number of aromatic nitrogens is 5. The lowest BCUT2D eigenvalue weighted by molar-refractivity contribution is 0.0949. The molecule has 0 fully saturated rings. The molecule has 1 amide bonds. The van der Waals surface area contributed by atoms with Crippen molar-refractivity contribution in [2.45, 2.75) is 17.6 Å². The summed E-state index contributed by atoms with van der Waals surface area (Å²) in [7, 11) is 1.56. The molecule has 3 N–H and O–H groups in total. The molecular weight excluding hydrogens is 444 g/mol. The number of benzene rings is 2. The Balaban J connectivity index is 1.58. The molecule has 0 saturated carbocycles. The maximum absolute atomic E-state index is 12.9. The average Bonchev–Trinajstić information content (AvgIpc) is 3.44. The molecule has 168 valence electrons. The summed E-state index contributed by atoms with van der Waals surface area (Å²) < 4.78 is 11.3. The average molecular weight is 465 g/mol. The minimum atomic E-state index is -0.540. The van der Waals surface area contributed by atoms with Gasteiger partial charge in [0, 0.05) is 16.2 Å². The fraction of sp³-hybridized carbons (Fsp3) is 0.143. The highest BCUT2D eigenvalue weighted by Gasteiger charge is 2.24. The number of hydrogen-bond donors (Lipinski definition) is 2. The predicted octanol–water partition coefficient (Wildman–Crippen LogP) is 2.61. The number of hydrazone groups is 1. The van der Waals surface area contributed by atoms with Crippen molar-refractivity contribution in [3.8, 4) is 11.6 Å². The number of nitrogens with two attached hydrogens (primary N) is 1. The Morgan fingerprint density at radius 1 is 1.24 bits per heavy atom. The van der Waals surface area contributed by atoms with Crippen molar-refractivity contribution in [3.05, 3.63) is 71.0 Å². The Labute approximate surface area is 193 Å². The number of nitrogens with one attached hydrogen (secondary N) is 1. The van der Waals surface area contributed by atoms with Crippen LogP contribution < -0.4 is 15.9 Å². The zero-order chi connectivity index (χ0) is 23.2. The van der Waals surface area contributed by atoms with Crippen LogP contribution in [0.2, 0.25) is 0 Å². The van der Waals surface area contributed by atoms with E-state index < -0.39 is 5.91 Å². The first-order chi connectivity index (χ1) is 16.1. The van der Waals surface area contributed by atoms with Crippen molar-refractivity contribution >= 4 is 29.7 Å². The van der Waals surface area contributed by atoms with Crippen LogP contribution in [0.15, 0.2) is 63.2 Å². The minimum absolute atomic E-state index is 0.0302. The highest BCUT2D eigenvalue weighted by atomic mass is 32.2. The second-order valence-corrected chi connectivity index (χ2v) is 7.86. The molecule has 12 heteroatoms. The quantitative estimate of drug-likeness (QED) is 0.228. The number of rotatable bonds is 8. The molecule has 2 heterocycles. The third kappa shape index (κ3) is 5.01. The van der Waals surface area contributed by atoms with Crippen LogP contribution in [-0.2, 0) is 5.75 Å². The highest BCUT2D eigenvalue weighted by molar-refractivity contribution is 7.98. The van der Waals surface area contributed by atoms with Gasteiger partial charge in [-0.25, -0.2) is 10.1 Å². The number of methoxy groups -OCH3 is 1. The number of hydrogen-bond acceptors (Lipinski definition) is 10. The lowest BCUT2D eigenvalue weighted by Crippen LogP contribution is -2.20. The summed E-state index contributed by atoms with van der Waals surface area (Å²) in [5, 5.41) is 19.4. The van der Waals surface area contributed by atoms with Gasteiger partial charge in [0.2, 0.25) is 11.6 Å². The normalized spacial score (nSPS) is 11.1. The smallest absolute Gasteiger partial charge is 0.293 e. The van der Waals surface area contributed by atoms with Gasteiger partial charge in [0.05, 0.1) is 19.0 Å². The van der Waals surface area contributed by atoms with Crippen LogP contribution >= 0.6 is 11.8 Å². The van der Waals surface area contributed by atoms with Crippen molar-refractivity contribution in [3.63, 3.8) is 0 Å². The van der Waals surface area contributed by atoms with E-state index in [0.29, 0.717) is 22.8 Å². The van der Waals surface area contributed by atoms with E-state index in [0.717, 1.165) is 10.5 Å². The van der Waals surface area contributed by atoms with E-state index in [2.05, 4.69) is 35.8 Å². The van der Waals surface area contributed by atoms with Crippen molar-refractivity contribution in [1.29, 1.82) is 0 Å². The molecule has 4 rings (SSSR count). The summed E-state index contributed by atoms with van der Waals surface area (Å²) in [5.74, 6) is 0.634. The van der Waals surface area contributed by atoms with E-state index in [1.54, 1.807) is 13.2 Å². The van der Waals surface area contributed by atoms with Crippen molar-refractivity contribution < 1.29 is 14.2 Å². The van der Waals surface area contributed by atoms with Crippen LogP contribution in [0.4, 0.5) is 5.82 Å². The fourth-order valence-corrected chi connectivity index (χ4v) is 3.78. The maximum atomic E-state index is 12.9. The molecule has 0 aliphatic carbocycles. The van der Waals surface area contributed by atoms with Gasteiger partial charge in [-0.2, -0.15) is 9.78 Å². The molecule has 0 atom stereocenters. The molecule has 33 heavy (non-hydrogen) atoms. The molecule has 2 aromatic carbocycles. The SMILES string of the molecule is COc1ccccc1/C=N/NC(=O)c1nnn(-c2nonc2N)c1CSc1ccc(C)cc1. The van der Waals surface area contributed by atoms with Gasteiger partial charge in [-0.3, -0.25) is 4.79 Å². The largest absolute Gasteiger partial charge is 0.496 e. The Morgan fingerprint density at radius 3 is 2.76 bits per heavy atom. The Morgan fingerprint density at radius 2 is 2.03 bits per heavy atom. The van der Waals surface area contributed by atoms with Crippen molar-refractivity contribution in [2.75, 3.05) is 12.8 Å². The maximum Gasteiger partial charge on any atom is 0.293 e. The first-order valence-corrected chi connectivity index (χ1v) is 10.7. The van der Waals surface area contributed by atoms with E-state index >= 15 is 0 Å². The number of para-hydroxylation sites is 1. The number of nitrogen functional groups attached to an aromatic ring is 1. The summed E-state index contributed by atoms with van der Waals surface area (Å²) in [6.45, 7) is 2.02. The van der Waals surface area contributed by atoms with Crippen LogP contribution in [0.1, 0.15) is 27.3 Å². The molecule has 2 aromatic heterocycles. The first-order valence-electron chi connectivity index (χ1n) is 9.75. The number of carbonyl (C=O) groups excluding carboxylic acids is 1. The molecule has 0 bridgehead atoms. The summed E-state index contributed by atoms with van der Waals surface area (Å²) >= 11 is 1.51. The van der Waals surface area contributed by atoms with Crippen LogP contribution in [-0.4, -0.2) is 44.5 Å². The van der Waals surface area contributed by atoms with Crippen LogP contribution in [0.25, 0.3) is 5.82 Å². The molecule has 0 aliphatic rings. The molecule has 0 aliphatic heterocycles. The Bertz CT molecular complexity index is 1280. The molecule has 0 spiro atoms. The van der Waals surface area contributed by atoms with Gasteiger partial charge in [0.1, 0.15) is 5.75 Å². The number of anilines is 1. The number of carbonyl (C=O) groups is 1. The standard InChI is InChI=1S/C21H20N8O3S/c1-13-7-9-15(10-8-13)33-12-16-18(24-28-29(16)20-19(22)26-32-27-20)21(30)25-23-11-14-5-3-4-6-17(14)31-2/h3-11H,12H2,1-2H3,(H2,22,26)(H,25,30)/b23-11+. The zero-order valence-electron chi connectivity index (χ0n) is 17.8. The monoisotopic (exact) mass is 464 g/mol. The summed E-state index contributed by atoms with van der Waals surface area (Å²) in [6, 6.07) is 15.3. The lowest BCUT2D eigenvalue weighted by atomic mass is 10.2. The predicted molar refractivity (Wildman–Crippen MR) is 122 cm³/mol. The van der Waals surface area contributed by atoms with Gasteiger partial charge >= 0.3 is 0 Å². The van der Waals surface area contributed by atoms with Crippen molar-refractivity contribution in [1.82, 2.24) is 30.7 Å². The third-order valence-electron chi connectivity index (χ3n) is 4.58. The molecule has 0 radical (unpaired) electrons. The van der Waals surface area contributed by atoms with Crippen molar-refractivity contribution in [2.24, 2.45) is 5.10 Å². The number of amides is 1. The first kappa shape index (κ1) is 22.0. The molecule has 0 unspecified atom stereocenters. The highest BCUT2D eigenvalue weighted by Crippen LogP contribution is 2.26. The van der Waals surface area contributed by atoms with Crippen LogP contribution in [0.3, 0.4) is 0 Å². The number of ether oxygens (including phenoxy) is 1. The van der Waals surface area contributed by atoms with Gasteiger partial charge in [0.15, 0.2) is 5.69 Å². The fourth-order valence-electron chi connectivity index (χ4n) is 2.89. The summed E-state index contributed by atoms with van der Waals surface area (Å²) in [4.78, 5) is 13.9. The van der Waals surface area contributed by atoms with Crippen LogP contribution in [0.5, 0.6) is 5.75 Å². The van der Waals surface area contributed by atoms with Gasteiger partial charge in [-0.1, -0.05) is 35.0 Å². The van der Waals surface area contributed by atoms with Gasteiger partial charge in [-0.05, 0) is 41.5 Å². The Kier molecular flexibility index (Phi) is 6.64. The second-order valence-electron chi connectivity index (χ2n) is 6.81. The third-order valence-corrected chi connectivity index (χ3v) is 5.60. The van der Waals surface area contributed by atoms with Gasteiger partial charge < -0.3 is 10.5 Å². The molecular formula is C21H20N8O3S. The van der Waals surface area contributed by atoms with E-state index in [4.69, 9.17) is 10.5 Å². The number of thioether (sulfide) groups is 1. The van der Waals surface area contributed by atoms with E-state index in [9.17, 15) is 4.79 Å². The Hall–Kier alpha value is -4.19. The zero-order valence-corrected chi connectivity index (χ0v) is 18.6.